The summed E-state index contributed by atoms with van der Waals surface area (Å²) in [4.78, 5) is 29.4. The van der Waals surface area contributed by atoms with E-state index in [0.717, 1.165) is 29.5 Å². The quantitative estimate of drug-likeness (QED) is 0.365. The molecule has 2 aromatic carbocycles. The number of amides is 1. The zero-order chi connectivity index (χ0) is 26.4. The Kier molecular flexibility index (Phi) is 8.40. The van der Waals surface area contributed by atoms with Crippen LogP contribution in [0.3, 0.4) is 0 Å². The van der Waals surface area contributed by atoms with Crippen LogP contribution in [0.1, 0.15) is 48.8 Å². The van der Waals surface area contributed by atoms with Crippen molar-refractivity contribution in [2.45, 2.75) is 44.9 Å². The molecule has 1 aromatic heterocycles. The third-order valence-corrected chi connectivity index (χ3v) is 6.28. The second kappa shape index (κ2) is 11.9. The summed E-state index contributed by atoms with van der Waals surface area (Å²) in [5.74, 6) is -1.10. The van der Waals surface area contributed by atoms with Gasteiger partial charge in [-0.25, -0.2) is 9.78 Å². The number of aromatic hydroxyl groups is 1. The van der Waals surface area contributed by atoms with Crippen molar-refractivity contribution in [1.29, 1.82) is 0 Å². The normalized spacial score (nSPS) is 15.3. The zero-order valence-electron chi connectivity index (χ0n) is 21.2. The molecule has 0 radical (unpaired) electrons. The summed E-state index contributed by atoms with van der Waals surface area (Å²) < 4.78 is 17.0. The van der Waals surface area contributed by atoms with Crippen LogP contribution in [0.25, 0.3) is 11.1 Å². The lowest BCUT2D eigenvalue weighted by Crippen LogP contribution is -2.41. The first-order chi connectivity index (χ1) is 17.9. The molecule has 0 aliphatic heterocycles. The lowest BCUT2D eigenvalue weighted by Gasteiger charge is -2.26. The monoisotopic (exact) mass is 504 g/mol. The molecule has 0 saturated heterocycles. The summed E-state index contributed by atoms with van der Waals surface area (Å²) in [7, 11) is 1.37. The number of hydrogen-bond donors (Lipinski definition) is 2. The molecule has 0 unspecified atom stereocenters. The molecule has 1 amide bonds. The molecule has 3 aromatic rings. The highest BCUT2D eigenvalue weighted by Gasteiger charge is 2.30. The molecule has 194 valence electrons. The maximum absolute atomic E-state index is 12.9. The van der Waals surface area contributed by atoms with Crippen LogP contribution in [0.4, 0.5) is 0 Å². The highest BCUT2D eigenvalue weighted by molar-refractivity contribution is 5.97. The average Bonchev–Trinajstić information content (AvgIpc) is 3.74. The van der Waals surface area contributed by atoms with Crippen molar-refractivity contribution in [3.8, 4) is 22.6 Å². The van der Waals surface area contributed by atoms with Crippen LogP contribution in [-0.4, -0.2) is 47.8 Å². The SMILES string of the molecule is COc1ccnc(C(=O)N[C@@H](C)C(=O)O[C@@H](C)[C@H](OCC2CC2)c2cccc(-c3ccccc3)c2)c1O. The van der Waals surface area contributed by atoms with Crippen molar-refractivity contribution < 1.29 is 28.9 Å². The van der Waals surface area contributed by atoms with Gasteiger partial charge in [-0.3, -0.25) is 4.79 Å². The first kappa shape index (κ1) is 26.2. The van der Waals surface area contributed by atoms with Crippen LogP contribution in [0, 0.1) is 5.92 Å². The van der Waals surface area contributed by atoms with E-state index in [-0.39, 0.29) is 11.4 Å². The number of pyridine rings is 1. The Morgan fingerprint density at radius 2 is 1.78 bits per heavy atom. The average molecular weight is 505 g/mol. The second-order valence-corrected chi connectivity index (χ2v) is 9.24. The zero-order valence-corrected chi connectivity index (χ0v) is 21.2. The summed E-state index contributed by atoms with van der Waals surface area (Å²) in [6.45, 7) is 3.89. The molecule has 1 aliphatic carbocycles. The summed E-state index contributed by atoms with van der Waals surface area (Å²) in [6, 6.07) is 18.5. The van der Waals surface area contributed by atoms with Crippen molar-refractivity contribution in [3.05, 3.63) is 78.1 Å². The van der Waals surface area contributed by atoms with E-state index in [0.29, 0.717) is 12.5 Å². The van der Waals surface area contributed by atoms with Gasteiger partial charge in [-0.2, -0.15) is 0 Å². The number of carbonyl (C=O) groups is 2. The van der Waals surface area contributed by atoms with E-state index in [1.165, 1.54) is 26.3 Å². The molecule has 2 N–H and O–H groups in total. The molecule has 4 rings (SSSR count). The number of carbonyl (C=O) groups excluding carboxylic acids is 2. The fourth-order valence-corrected chi connectivity index (χ4v) is 3.99. The fourth-order valence-electron chi connectivity index (χ4n) is 3.99. The second-order valence-electron chi connectivity index (χ2n) is 9.24. The number of ether oxygens (including phenoxy) is 3. The van der Waals surface area contributed by atoms with Gasteiger partial charge in [0.25, 0.3) is 5.91 Å². The Hall–Kier alpha value is -3.91. The highest BCUT2D eigenvalue weighted by Crippen LogP contribution is 2.34. The van der Waals surface area contributed by atoms with Gasteiger partial charge in [0.15, 0.2) is 17.2 Å². The summed E-state index contributed by atoms with van der Waals surface area (Å²) in [6.07, 6.45) is 2.53. The number of benzene rings is 2. The van der Waals surface area contributed by atoms with Crippen LogP contribution in [0.2, 0.25) is 0 Å². The van der Waals surface area contributed by atoms with E-state index in [4.69, 9.17) is 14.2 Å². The van der Waals surface area contributed by atoms with Crippen LogP contribution in [0.5, 0.6) is 11.5 Å². The molecule has 1 heterocycles. The van der Waals surface area contributed by atoms with Crippen molar-refractivity contribution >= 4 is 11.9 Å². The van der Waals surface area contributed by atoms with Gasteiger partial charge in [-0.15, -0.1) is 0 Å². The molecule has 8 nitrogen and oxygen atoms in total. The maximum atomic E-state index is 12.9. The highest BCUT2D eigenvalue weighted by atomic mass is 16.6. The molecule has 0 spiro atoms. The Labute approximate surface area is 216 Å². The summed E-state index contributed by atoms with van der Waals surface area (Å²) >= 11 is 0. The minimum absolute atomic E-state index is 0.109. The maximum Gasteiger partial charge on any atom is 0.328 e. The molecule has 1 fully saturated rings. The van der Waals surface area contributed by atoms with Crippen molar-refractivity contribution in [2.24, 2.45) is 5.92 Å². The first-order valence-corrected chi connectivity index (χ1v) is 12.4. The minimum atomic E-state index is -0.984. The van der Waals surface area contributed by atoms with Gasteiger partial charge >= 0.3 is 5.97 Å². The first-order valence-electron chi connectivity index (χ1n) is 12.4. The van der Waals surface area contributed by atoms with Crippen LogP contribution in [-0.2, 0) is 14.3 Å². The van der Waals surface area contributed by atoms with E-state index in [2.05, 4.69) is 16.4 Å². The van der Waals surface area contributed by atoms with Crippen molar-refractivity contribution in [3.63, 3.8) is 0 Å². The number of nitrogens with zero attached hydrogens (tertiary/aromatic N) is 1. The minimum Gasteiger partial charge on any atom is -0.503 e. The Morgan fingerprint density at radius 3 is 2.49 bits per heavy atom. The smallest absolute Gasteiger partial charge is 0.328 e. The van der Waals surface area contributed by atoms with Crippen LogP contribution >= 0.6 is 0 Å². The predicted molar refractivity (Wildman–Crippen MR) is 138 cm³/mol. The molecule has 1 aliphatic rings. The third-order valence-electron chi connectivity index (χ3n) is 6.28. The van der Waals surface area contributed by atoms with E-state index >= 15 is 0 Å². The molecule has 8 heteroatoms. The van der Waals surface area contributed by atoms with Crippen molar-refractivity contribution in [1.82, 2.24) is 10.3 Å². The molecular weight excluding hydrogens is 472 g/mol. The molecule has 1 saturated carbocycles. The number of methoxy groups -OCH3 is 1. The van der Waals surface area contributed by atoms with Gasteiger partial charge in [-0.1, -0.05) is 48.5 Å². The lowest BCUT2D eigenvalue weighted by atomic mass is 9.98. The Morgan fingerprint density at radius 1 is 1.05 bits per heavy atom. The molecular formula is C29H32N2O6. The lowest BCUT2D eigenvalue weighted by molar-refractivity contribution is -0.158. The number of esters is 1. The molecule has 37 heavy (non-hydrogen) atoms. The van der Waals surface area contributed by atoms with Gasteiger partial charge in [-0.05, 0) is 55.4 Å². The number of aromatic nitrogens is 1. The molecule has 3 atom stereocenters. The Balaban J connectivity index is 1.45. The van der Waals surface area contributed by atoms with Gasteiger partial charge in [0.05, 0.1) is 13.7 Å². The summed E-state index contributed by atoms with van der Waals surface area (Å²) in [5, 5.41) is 12.7. The van der Waals surface area contributed by atoms with Crippen molar-refractivity contribution in [2.75, 3.05) is 13.7 Å². The van der Waals surface area contributed by atoms with Crippen LogP contribution < -0.4 is 10.1 Å². The summed E-state index contributed by atoms with van der Waals surface area (Å²) in [5.41, 5.74) is 2.79. The number of nitrogens with one attached hydrogen (secondary N) is 1. The van der Waals surface area contributed by atoms with E-state index in [1.807, 2.05) is 48.5 Å². The topological polar surface area (TPSA) is 107 Å². The number of rotatable bonds is 11. The van der Waals surface area contributed by atoms with E-state index < -0.39 is 35.9 Å². The van der Waals surface area contributed by atoms with Crippen LogP contribution in [0.15, 0.2) is 66.9 Å². The number of hydrogen-bond acceptors (Lipinski definition) is 7. The van der Waals surface area contributed by atoms with Gasteiger partial charge in [0, 0.05) is 12.3 Å². The fraction of sp³-hybridized carbons (Fsp3) is 0.345. The van der Waals surface area contributed by atoms with E-state index in [9.17, 15) is 14.7 Å². The van der Waals surface area contributed by atoms with E-state index in [1.54, 1.807) is 6.92 Å². The largest absolute Gasteiger partial charge is 0.503 e. The molecule has 0 bridgehead atoms. The predicted octanol–water partition coefficient (Wildman–Crippen LogP) is 4.68. The standard InChI is InChI=1S/C29H32N2O6/c1-18(31-28(33)25-26(32)24(35-3)14-15-30-25)29(34)37-19(2)27(36-17-20-12-13-20)23-11-7-10-22(16-23)21-8-5-4-6-9-21/h4-11,14-16,18-20,27,32H,12-13,17H2,1-3H3,(H,31,33)/t18-,19-,27-/m0/s1. The Bertz CT molecular complexity index is 1230. The van der Waals surface area contributed by atoms with Gasteiger partial charge in [0.1, 0.15) is 18.2 Å². The van der Waals surface area contributed by atoms with Gasteiger partial charge in [0.2, 0.25) is 0 Å². The third kappa shape index (κ3) is 6.65. The van der Waals surface area contributed by atoms with Gasteiger partial charge < -0.3 is 24.6 Å².